The summed E-state index contributed by atoms with van der Waals surface area (Å²) in [6, 6.07) is 0.556. The van der Waals surface area contributed by atoms with Gasteiger partial charge in [0, 0.05) is 19.7 Å². The average Bonchev–Trinajstić information content (AvgIpc) is 2.47. The summed E-state index contributed by atoms with van der Waals surface area (Å²) in [7, 11) is 3.75. The van der Waals surface area contributed by atoms with Crippen molar-refractivity contribution in [2.24, 2.45) is 0 Å². The first-order chi connectivity index (χ1) is 10.2. The van der Waals surface area contributed by atoms with Gasteiger partial charge in [-0.2, -0.15) is 0 Å². The Hall–Kier alpha value is -0.240. The van der Waals surface area contributed by atoms with Crippen LogP contribution in [0.25, 0.3) is 0 Å². The van der Waals surface area contributed by atoms with Gasteiger partial charge in [-0.1, -0.05) is 0 Å². The van der Waals surface area contributed by atoms with Crippen LogP contribution in [0, 0.1) is 0 Å². The van der Waals surface area contributed by atoms with Crippen LogP contribution in [0.15, 0.2) is 0 Å². The molecule has 0 aromatic rings. The Balaban J connectivity index is 3.03. The van der Waals surface area contributed by atoms with E-state index < -0.39 is 0 Å². The first-order valence-electron chi connectivity index (χ1n) is 7.68. The van der Waals surface area contributed by atoms with E-state index in [0.29, 0.717) is 58.9 Å². The lowest BCUT2D eigenvalue weighted by Crippen LogP contribution is -2.30. The fraction of sp³-hybridized carbons (Fsp3) is 1.00. The lowest BCUT2D eigenvalue weighted by atomic mass is 10.3. The van der Waals surface area contributed by atoms with Crippen LogP contribution in [0.5, 0.6) is 0 Å². The normalized spacial score (nSPS) is 11.7. The zero-order valence-electron chi connectivity index (χ0n) is 14.1. The molecule has 6 nitrogen and oxygen atoms in total. The summed E-state index contributed by atoms with van der Waals surface area (Å²) in [5.41, 5.74) is 0. The van der Waals surface area contributed by atoms with Gasteiger partial charge in [0.25, 0.3) is 0 Å². The summed E-state index contributed by atoms with van der Waals surface area (Å²) in [6.45, 7) is 10.9. The Labute approximate surface area is 129 Å². The minimum absolute atomic E-state index is 0.556. The van der Waals surface area contributed by atoms with Crippen LogP contribution in [-0.2, 0) is 23.7 Å². The van der Waals surface area contributed by atoms with Gasteiger partial charge in [0.05, 0.1) is 59.5 Å². The Morgan fingerprint density at radius 3 is 1.43 bits per heavy atom. The second-order valence-corrected chi connectivity index (χ2v) is 5.02. The third-order valence-corrected chi connectivity index (χ3v) is 3.02. The highest BCUT2D eigenvalue weighted by Gasteiger charge is 2.01. The molecule has 0 heterocycles. The quantitative estimate of drug-likeness (QED) is 0.397. The van der Waals surface area contributed by atoms with Gasteiger partial charge in [-0.3, -0.25) is 0 Å². The maximum Gasteiger partial charge on any atom is 0.0701 e. The molecule has 0 N–H and O–H groups in total. The molecule has 0 saturated heterocycles. The second kappa shape index (κ2) is 16.1. The summed E-state index contributed by atoms with van der Waals surface area (Å²) in [4.78, 5) is 2.25. The lowest BCUT2D eigenvalue weighted by molar-refractivity contribution is -0.00926. The summed E-state index contributed by atoms with van der Waals surface area (Å²) in [5, 5.41) is 0. The van der Waals surface area contributed by atoms with Crippen molar-refractivity contribution in [2.45, 2.75) is 19.9 Å². The molecule has 0 aliphatic carbocycles. The first kappa shape index (κ1) is 20.8. The molecule has 0 fully saturated rings. The predicted molar refractivity (Wildman–Crippen MR) is 82.9 cm³/mol. The van der Waals surface area contributed by atoms with Crippen LogP contribution in [0.2, 0.25) is 0 Å². The Morgan fingerprint density at radius 2 is 1.05 bits per heavy atom. The molecule has 21 heavy (non-hydrogen) atoms. The summed E-state index contributed by atoms with van der Waals surface area (Å²) < 4.78 is 26.4. The number of likely N-dealkylation sites (N-methyl/N-ethyl adjacent to an activating group) is 1. The van der Waals surface area contributed by atoms with Crippen molar-refractivity contribution in [2.75, 3.05) is 80.2 Å². The van der Waals surface area contributed by atoms with Crippen molar-refractivity contribution in [3.05, 3.63) is 0 Å². The van der Waals surface area contributed by atoms with Crippen LogP contribution < -0.4 is 0 Å². The van der Waals surface area contributed by atoms with Gasteiger partial charge in [-0.25, -0.2) is 0 Å². The molecule has 0 saturated carbocycles. The van der Waals surface area contributed by atoms with Crippen LogP contribution in [0.1, 0.15) is 13.8 Å². The maximum atomic E-state index is 5.50. The molecule has 0 aliphatic rings. The van der Waals surface area contributed by atoms with Crippen molar-refractivity contribution in [3.8, 4) is 0 Å². The minimum atomic E-state index is 0.556. The molecular weight excluding hydrogens is 274 g/mol. The number of methoxy groups -OCH3 is 1. The van der Waals surface area contributed by atoms with Gasteiger partial charge >= 0.3 is 0 Å². The third-order valence-electron chi connectivity index (χ3n) is 3.02. The van der Waals surface area contributed by atoms with E-state index in [0.717, 1.165) is 13.2 Å². The first-order valence-corrected chi connectivity index (χ1v) is 7.68. The van der Waals surface area contributed by atoms with E-state index in [1.165, 1.54) is 0 Å². The van der Waals surface area contributed by atoms with Gasteiger partial charge < -0.3 is 28.6 Å². The summed E-state index contributed by atoms with van der Waals surface area (Å²) in [6.07, 6.45) is 0. The third kappa shape index (κ3) is 16.0. The Kier molecular flexibility index (Phi) is 16.0. The smallest absolute Gasteiger partial charge is 0.0701 e. The van der Waals surface area contributed by atoms with E-state index in [-0.39, 0.29) is 0 Å². The molecule has 0 radical (unpaired) electrons. The summed E-state index contributed by atoms with van der Waals surface area (Å²) >= 11 is 0. The molecule has 0 rings (SSSR count). The van der Waals surface area contributed by atoms with E-state index >= 15 is 0 Å². The van der Waals surface area contributed by atoms with E-state index in [1.54, 1.807) is 7.11 Å². The molecule has 0 spiro atoms. The van der Waals surface area contributed by atoms with Crippen LogP contribution >= 0.6 is 0 Å². The monoisotopic (exact) mass is 307 g/mol. The minimum Gasteiger partial charge on any atom is -0.382 e. The average molecular weight is 307 g/mol. The van der Waals surface area contributed by atoms with E-state index in [1.807, 2.05) is 0 Å². The molecule has 128 valence electrons. The Morgan fingerprint density at radius 1 is 0.667 bits per heavy atom. The van der Waals surface area contributed by atoms with Crippen molar-refractivity contribution < 1.29 is 23.7 Å². The number of hydrogen-bond acceptors (Lipinski definition) is 6. The molecule has 0 aliphatic heterocycles. The zero-order chi connectivity index (χ0) is 15.8. The molecule has 0 amide bonds. The van der Waals surface area contributed by atoms with Crippen LogP contribution in [0.4, 0.5) is 0 Å². The highest BCUT2D eigenvalue weighted by Crippen LogP contribution is 1.92. The number of rotatable bonds is 16. The van der Waals surface area contributed by atoms with Gasteiger partial charge in [0.15, 0.2) is 0 Å². The zero-order valence-corrected chi connectivity index (χ0v) is 14.1. The molecule has 0 atom stereocenters. The molecule has 0 unspecified atom stereocenters. The highest BCUT2D eigenvalue weighted by molar-refractivity contribution is 4.55. The molecule has 0 aromatic carbocycles. The van der Waals surface area contributed by atoms with E-state index in [9.17, 15) is 0 Å². The maximum absolute atomic E-state index is 5.50. The van der Waals surface area contributed by atoms with Crippen LogP contribution in [0.3, 0.4) is 0 Å². The molecule has 0 aromatic heterocycles. The standard InChI is InChI=1S/C15H33NO5/c1-15(2)16(3)5-6-18-9-10-20-13-14-21-12-11-19-8-7-17-4/h15H,5-14H2,1-4H3. The van der Waals surface area contributed by atoms with Crippen molar-refractivity contribution in [3.63, 3.8) is 0 Å². The summed E-state index contributed by atoms with van der Waals surface area (Å²) in [5.74, 6) is 0. The van der Waals surface area contributed by atoms with Crippen molar-refractivity contribution in [1.82, 2.24) is 4.90 Å². The fourth-order valence-corrected chi connectivity index (χ4v) is 1.37. The second-order valence-electron chi connectivity index (χ2n) is 5.02. The van der Waals surface area contributed by atoms with Gasteiger partial charge in [-0.15, -0.1) is 0 Å². The SMILES string of the molecule is COCCOCCOCCOCCOCCN(C)C(C)C. The van der Waals surface area contributed by atoms with Crippen LogP contribution in [-0.4, -0.2) is 91.1 Å². The number of ether oxygens (including phenoxy) is 5. The van der Waals surface area contributed by atoms with E-state index in [4.69, 9.17) is 23.7 Å². The predicted octanol–water partition coefficient (Wildman–Crippen LogP) is 1.04. The fourth-order valence-electron chi connectivity index (χ4n) is 1.37. The van der Waals surface area contributed by atoms with Gasteiger partial charge in [0.2, 0.25) is 0 Å². The topological polar surface area (TPSA) is 49.4 Å². The Bertz CT molecular complexity index is 205. The van der Waals surface area contributed by atoms with Crippen molar-refractivity contribution in [1.29, 1.82) is 0 Å². The van der Waals surface area contributed by atoms with E-state index in [2.05, 4.69) is 25.8 Å². The van der Waals surface area contributed by atoms with Crippen molar-refractivity contribution >= 4 is 0 Å². The largest absolute Gasteiger partial charge is 0.382 e. The molecular formula is C15H33NO5. The van der Waals surface area contributed by atoms with Gasteiger partial charge in [0.1, 0.15) is 0 Å². The molecule has 0 bridgehead atoms. The number of nitrogens with zero attached hydrogens (tertiary/aromatic N) is 1. The highest BCUT2D eigenvalue weighted by atomic mass is 16.6. The van der Waals surface area contributed by atoms with Gasteiger partial charge in [-0.05, 0) is 20.9 Å². The number of hydrogen-bond donors (Lipinski definition) is 0. The lowest BCUT2D eigenvalue weighted by Gasteiger charge is -2.20. The molecule has 6 heteroatoms.